The summed E-state index contributed by atoms with van der Waals surface area (Å²) in [5.74, 6) is 5.72. The number of ether oxygens (including phenoxy) is 1. The molecule has 0 aliphatic heterocycles. The summed E-state index contributed by atoms with van der Waals surface area (Å²) >= 11 is 0. The van der Waals surface area contributed by atoms with E-state index in [0.717, 1.165) is 11.3 Å². The van der Waals surface area contributed by atoms with Crippen molar-refractivity contribution < 1.29 is 4.74 Å². The number of aryl methyl sites for hydroxylation is 1. The van der Waals surface area contributed by atoms with Crippen LogP contribution in [0.3, 0.4) is 0 Å². The van der Waals surface area contributed by atoms with Crippen molar-refractivity contribution >= 4 is 5.82 Å². The number of hydrogen-bond acceptors (Lipinski definition) is 5. The SMILES string of the molecule is COCc1cc(NN)nnc1C. The molecule has 0 radical (unpaired) electrons. The predicted octanol–water partition coefficient (Wildman–Crippen LogP) is 0.217. The van der Waals surface area contributed by atoms with Crippen molar-refractivity contribution in [3.8, 4) is 0 Å². The first-order valence-corrected chi connectivity index (χ1v) is 3.56. The molecule has 0 aliphatic carbocycles. The van der Waals surface area contributed by atoms with E-state index >= 15 is 0 Å². The van der Waals surface area contributed by atoms with Crippen LogP contribution in [0.15, 0.2) is 6.07 Å². The molecule has 5 heteroatoms. The molecule has 0 aliphatic rings. The van der Waals surface area contributed by atoms with E-state index in [0.29, 0.717) is 12.4 Å². The summed E-state index contributed by atoms with van der Waals surface area (Å²) in [5, 5.41) is 7.69. The van der Waals surface area contributed by atoms with Crippen LogP contribution >= 0.6 is 0 Å². The molecule has 0 unspecified atom stereocenters. The van der Waals surface area contributed by atoms with Crippen LogP contribution in [0, 0.1) is 6.92 Å². The van der Waals surface area contributed by atoms with Crippen LogP contribution in [-0.4, -0.2) is 17.3 Å². The summed E-state index contributed by atoms with van der Waals surface area (Å²) in [6.45, 7) is 2.40. The highest BCUT2D eigenvalue weighted by molar-refractivity contribution is 5.36. The Labute approximate surface area is 70.9 Å². The molecule has 0 spiro atoms. The lowest BCUT2D eigenvalue weighted by molar-refractivity contribution is 0.184. The molecule has 12 heavy (non-hydrogen) atoms. The minimum Gasteiger partial charge on any atom is -0.380 e. The Morgan fingerprint density at radius 2 is 2.33 bits per heavy atom. The summed E-state index contributed by atoms with van der Waals surface area (Å²) in [6.07, 6.45) is 0. The Morgan fingerprint density at radius 1 is 1.58 bits per heavy atom. The van der Waals surface area contributed by atoms with Crippen molar-refractivity contribution in [2.24, 2.45) is 5.84 Å². The van der Waals surface area contributed by atoms with E-state index in [1.807, 2.05) is 13.0 Å². The van der Waals surface area contributed by atoms with E-state index in [-0.39, 0.29) is 0 Å². The Morgan fingerprint density at radius 3 is 2.92 bits per heavy atom. The van der Waals surface area contributed by atoms with Crippen LogP contribution in [-0.2, 0) is 11.3 Å². The number of rotatable bonds is 3. The van der Waals surface area contributed by atoms with E-state index < -0.39 is 0 Å². The Hall–Kier alpha value is -1.20. The number of methoxy groups -OCH3 is 1. The van der Waals surface area contributed by atoms with Gasteiger partial charge in [0.25, 0.3) is 0 Å². The van der Waals surface area contributed by atoms with Crippen molar-refractivity contribution in [1.29, 1.82) is 0 Å². The standard InChI is InChI=1S/C7H12N4O/c1-5-6(4-12-2)3-7(9-8)11-10-5/h3H,4,8H2,1-2H3,(H,9,11). The minimum atomic E-state index is 0.524. The lowest BCUT2D eigenvalue weighted by Gasteiger charge is -2.04. The zero-order chi connectivity index (χ0) is 8.97. The van der Waals surface area contributed by atoms with Crippen molar-refractivity contribution in [2.45, 2.75) is 13.5 Å². The predicted molar refractivity (Wildman–Crippen MR) is 45.3 cm³/mol. The van der Waals surface area contributed by atoms with Gasteiger partial charge in [0.15, 0.2) is 5.82 Å². The second-order valence-electron chi connectivity index (χ2n) is 2.42. The molecule has 0 fully saturated rings. The maximum Gasteiger partial charge on any atom is 0.162 e. The number of aromatic nitrogens is 2. The van der Waals surface area contributed by atoms with Gasteiger partial charge in [-0.25, -0.2) is 5.84 Å². The highest BCUT2D eigenvalue weighted by atomic mass is 16.5. The van der Waals surface area contributed by atoms with E-state index in [1.54, 1.807) is 7.11 Å². The molecule has 0 saturated heterocycles. The number of nitrogen functional groups attached to an aromatic ring is 1. The first-order valence-electron chi connectivity index (χ1n) is 3.56. The van der Waals surface area contributed by atoms with Gasteiger partial charge in [0.05, 0.1) is 12.3 Å². The fourth-order valence-electron chi connectivity index (χ4n) is 0.864. The molecule has 0 saturated carbocycles. The summed E-state index contributed by atoms with van der Waals surface area (Å²) in [5.41, 5.74) is 4.27. The fourth-order valence-corrected chi connectivity index (χ4v) is 0.864. The Balaban J connectivity index is 2.91. The summed E-state index contributed by atoms with van der Waals surface area (Å²) in [4.78, 5) is 0. The first-order chi connectivity index (χ1) is 5.77. The largest absolute Gasteiger partial charge is 0.380 e. The highest BCUT2D eigenvalue weighted by Crippen LogP contribution is 2.08. The smallest absolute Gasteiger partial charge is 0.162 e. The van der Waals surface area contributed by atoms with Crippen molar-refractivity contribution in [3.63, 3.8) is 0 Å². The van der Waals surface area contributed by atoms with Gasteiger partial charge in [-0.3, -0.25) is 0 Å². The second kappa shape index (κ2) is 3.99. The average Bonchev–Trinajstić information content (AvgIpc) is 2.09. The average molecular weight is 168 g/mol. The molecule has 0 amide bonds. The third kappa shape index (κ3) is 1.90. The second-order valence-corrected chi connectivity index (χ2v) is 2.42. The lowest BCUT2D eigenvalue weighted by Crippen LogP contribution is -2.10. The Kier molecular flexibility index (Phi) is 2.95. The molecule has 1 aromatic heterocycles. The minimum absolute atomic E-state index is 0.524. The number of nitrogens with two attached hydrogens (primary N) is 1. The van der Waals surface area contributed by atoms with Gasteiger partial charge in [-0.05, 0) is 13.0 Å². The highest BCUT2D eigenvalue weighted by Gasteiger charge is 2.01. The lowest BCUT2D eigenvalue weighted by atomic mass is 10.2. The maximum absolute atomic E-state index is 5.17. The quantitative estimate of drug-likeness (QED) is 0.499. The molecule has 0 aromatic carbocycles. The van der Waals surface area contributed by atoms with Gasteiger partial charge in [-0.2, -0.15) is 5.10 Å². The third-order valence-electron chi connectivity index (χ3n) is 1.53. The summed E-state index contributed by atoms with van der Waals surface area (Å²) < 4.78 is 4.97. The van der Waals surface area contributed by atoms with E-state index in [4.69, 9.17) is 10.6 Å². The number of hydrazine groups is 1. The van der Waals surface area contributed by atoms with Crippen molar-refractivity contribution in [1.82, 2.24) is 10.2 Å². The molecular formula is C7H12N4O. The monoisotopic (exact) mass is 168 g/mol. The van der Waals surface area contributed by atoms with Gasteiger partial charge in [-0.15, -0.1) is 5.10 Å². The first kappa shape index (κ1) is 8.89. The molecule has 5 nitrogen and oxygen atoms in total. The normalized spacial score (nSPS) is 9.92. The van der Waals surface area contributed by atoms with Gasteiger partial charge in [0, 0.05) is 12.7 Å². The van der Waals surface area contributed by atoms with Gasteiger partial charge < -0.3 is 10.2 Å². The molecule has 1 heterocycles. The van der Waals surface area contributed by atoms with Crippen LogP contribution in [0.25, 0.3) is 0 Å². The number of hydrogen-bond donors (Lipinski definition) is 2. The zero-order valence-electron chi connectivity index (χ0n) is 7.16. The van der Waals surface area contributed by atoms with Gasteiger partial charge in [0.1, 0.15) is 0 Å². The molecule has 1 rings (SSSR count). The van der Waals surface area contributed by atoms with E-state index in [9.17, 15) is 0 Å². The Bertz CT molecular complexity index is 264. The van der Waals surface area contributed by atoms with Crippen LogP contribution in [0.5, 0.6) is 0 Å². The topological polar surface area (TPSA) is 73.1 Å². The fraction of sp³-hybridized carbons (Fsp3) is 0.429. The number of nitrogens with zero attached hydrogens (tertiary/aromatic N) is 2. The molecule has 66 valence electrons. The molecular weight excluding hydrogens is 156 g/mol. The maximum atomic E-state index is 5.17. The van der Waals surface area contributed by atoms with Crippen LogP contribution < -0.4 is 11.3 Å². The van der Waals surface area contributed by atoms with Crippen molar-refractivity contribution in [3.05, 3.63) is 17.3 Å². The van der Waals surface area contributed by atoms with Crippen LogP contribution in [0.2, 0.25) is 0 Å². The molecule has 3 N–H and O–H groups in total. The van der Waals surface area contributed by atoms with Crippen LogP contribution in [0.1, 0.15) is 11.3 Å². The van der Waals surface area contributed by atoms with E-state index in [2.05, 4.69) is 15.6 Å². The molecule has 0 bridgehead atoms. The van der Waals surface area contributed by atoms with Crippen molar-refractivity contribution in [2.75, 3.05) is 12.5 Å². The molecule has 0 atom stereocenters. The van der Waals surface area contributed by atoms with E-state index in [1.165, 1.54) is 0 Å². The van der Waals surface area contributed by atoms with Gasteiger partial charge in [0.2, 0.25) is 0 Å². The molecule has 1 aromatic rings. The third-order valence-corrected chi connectivity index (χ3v) is 1.53. The van der Waals surface area contributed by atoms with Gasteiger partial charge >= 0.3 is 0 Å². The number of anilines is 1. The zero-order valence-corrected chi connectivity index (χ0v) is 7.16. The summed E-state index contributed by atoms with van der Waals surface area (Å²) in [7, 11) is 1.63. The number of nitrogens with one attached hydrogen (secondary N) is 1. The summed E-state index contributed by atoms with van der Waals surface area (Å²) in [6, 6.07) is 1.81. The van der Waals surface area contributed by atoms with Gasteiger partial charge in [-0.1, -0.05) is 0 Å². The van der Waals surface area contributed by atoms with Crippen LogP contribution in [0.4, 0.5) is 5.82 Å².